The summed E-state index contributed by atoms with van der Waals surface area (Å²) in [5.41, 5.74) is 0. The Balaban J connectivity index is 4.43. The van der Waals surface area contributed by atoms with Crippen LogP contribution in [0.3, 0.4) is 0 Å². The van der Waals surface area contributed by atoms with Crippen LogP contribution >= 0.6 is 0 Å². The van der Waals surface area contributed by atoms with E-state index in [-0.39, 0.29) is 44.0 Å². The summed E-state index contributed by atoms with van der Waals surface area (Å²) in [6, 6.07) is 0. The molecule has 0 aliphatic rings. The molecule has 0 spiro atoms. The normalized spacial score (nSPS) is 13.3. The van der Waals surface area contributed by atoms with Gasteiger partial charge in [0.15, 0.2) is 6.10 Å². The summed E-state index contributed by atoms with van der Waals surface area (Å²) in [5, 5.41) is 0. The van der Waals surface area contributed by atoms with Gasteiger partial charge in [0.2, 0.25) is 0 Å². The third kappa shape index (κ3) is 65.5. The molecule has 81 heavy (non-hydrogen) atoms. The number of esters is 3. The van der Waals surface area contributed by atoms with Crippen LogP contribution in [-0.4, -0.2) is 37.2 Å². The van der Waals surface area contributed by atoms with E-state index >= 15 is 0 Å². The van der Waals surface area contributed by atoms with Crippen LogP contribution in [0.5, 0.6) is 0 Å². The van der Waals surface area contributed by atoms with E-state index < -0.39 is 6.10 Å². The lowest BCUT2D eigenvalue weighted by Gasteiger charge is -2.18. The van der Waals surface area contributed by atoms with Gasteiger partial charge in [0, 0.05) is 19.3 Å². The average Bonchev–Trinajstić information content (AvgIpc) is 3.46. The highest BCUT2D eigenvalue weighted by Crippen LogP contribution is 2.15. The second kappa shape index (κ2) is 67.3. The zero-order valence-electron chi connectivity index (χ0n) is 52.0. The maximum Gasteiger partial charge on any atom is 0.306 e. The van der Waals surface area contributed by atoms with Crippen LogP contribution in [0.25, 0.3) is 0 Å². The smallest absolute Gasteiger partial charge is 0.306 e. The minimum absolute atomic E-state index is 0.128. The summed E-state index contributed by atoms with van der Waals surface area (Å²) in [7, 11) is 0. The molecule has 0 fully saturated rings. The van der Waals surface area contributed by atoms with Crippen LogP contribution in [0.15, 0.2) is 170 Å². The van der Waals surface area contributed by atoms with E-state index in [0.29, 0.717) is 19.3 Å². The lowest BCUT2D eigenvalue weighted by atomic mass is 10.0. The van der Waals surface area contributed by atoms with E-state index in [2.05, 4.69) is 179 Å². The molecule has 6 heteroatoms. The lowest BCUT2D eigenvalue weighted by Crippen LogP contribution is -2.30. The molecule has 0 aromatic carbocycles. The number of ether oxygens (including phenoxy) is 3. The fourth-order valence-corrected chi connectivity index (χ4v) is 8.43. The molecule has 0 aliphatic carbocycles. The number of hydrogen-bond donors (Lipinski definition) is 0. The van der Waals surface area contributed by atoms with Crippen molar-refractivity contribution in [2.75, 3.05) is 13.2 Å². The molecule has 6 nitrogen and oxygen atoms in total. The molecule has 0 amide bonds. The number of rotatable bonds is 57. The van der Waals surface area contributed by atoms with Gasteiger partial charge in [-0.3, -0.25) is 14.4 Å². The minimum Gasteiger partial charge on any atom is -0.462 e. The zero-order valence-corrected chi connectivity index (χ0v) is 52.0. The molecule has 0 aromatic rings. The summed E-state index contributed by atoms with van der Waals surface area (Å²) >= 11 is 0. The third-order valence-electron chi connectivity index (χ3n) is 13.2. The van der Waals surface area contributed by atoms with Gasteiger partial charge in [-0.15, -0.1) is 0 Å². The number of carbonyl (C=O) groups is 3. The van der Waals surface area contributed by atoms with E-state index in [9.17, 15) is 14.4 Å². The molecule has 0 aliphatic heterocycles. The van der Waals surface area contributed by atoms with Gasteiger partial charge >= 0.3 is 17.9 Å². The maximum atomic E-state index is 12.9. The van der Waals surface area contributed by atoms with Crippen LogP contribution in [0.4, 0.5) is 0 Å². The van der Waals surface area contributed by atoms with Crippen molar-refractivity contribution in [3.63, 3.8) is 0 Å². The Kier molecular flexibility index (Phi) is 62.9. The fourth-order valence-electron chi connectivity index (χ4n) is 8.43. The molecule has 0 heterocycles. The van der Waals surface area contributed by atoms with Gasteiger partial charge in [-0.25, -0.2) is 0 Å². The Morgan fingerprint density at radius 1 is 0.259 bits per heavy atom. The van der Waals surface area contributed by atoms with E-state index in [0.717, 1.165) is 122 Å². The van der Waals surface area contributed by atoms with Crippen LogP contribution in [0.2, 0.25) is 0 Å². The van der Waals surface area contributed by atoms with E-state index in [1.807, 2.05) is 12.2 Å². The van der Waals surface area contributed by atoms with Gasteiger partial charge in [0.1, 0.15) is 13.2 Å². The van der Waals surface area contributed by atoms with Crippen molar-refractivity contribution in [1.82, 2.24) is 0 Å². The van der Waals surface area contributed by atoms with E-state index in [1.165, 1.54) is 89.9 Å². The van der Waals surface area contributed by atoms with Crippen molar-refractivity contribution >= 4 is 17.9 Å². The van der Waals surface area contributed by atoms with Gasteiger partial charge in [-0.2, -0.15) is 0 Å². The molecular formula is C75H118O6. The second-order valence-electron chi connectivity index (χ2n) is 20.9. The summed E-state index contributed by atoms with van der Waals surface area (Å²) in [6.07, 6.45) is 99.6. The molecule has 1 unspecified atom stereocenters. The SMILES string of the molecule is CC/C=C\C/C=C\C/C=C\C/C=C\C/C=C\C/C=C\C/C=C\C/C=C\C/C=C\C/C=C\CCCCC(=O)OCC(COC(=O)CC/C=C\C/C=C\C/C=C\C/C=C\CC)OC(=O)CCCCCCCCCCCCCCCCCCC. The Morgan fingerprint density at radius 2 is 0.506 bits per heavy atom. The molecule has 0 radical (unpaired) electrons. The van der Waals surface area contributed by atoms with Crippen molar-refractivity contribution in [1.29, 1.82) is 0 Å². The first kappa shape index (κ1) is 75.8. The highest BCUT2D eigenvalue weighted by Gasteiger charge is 2.19. The van der Waals surface area contributed by atoms with Crippen molar-refractivity contribution in [2.24, 2.45) is 0 Å². The first-order valence-corrected chi connectivity index (χ1v) is 32.6. The first-order chi connectivity index (χ1) is 40.0. The Labute approximate surface area is 498 Å². The van der Waals surface area contributed by atoms with E-state index in [1.54, 1.807) is 0 Å². The van der Waals surface area contributed by atoms with Gasteiger partial charge in [0.05, 0.1) is 0 Å². The Hall–Kier alpha value is -5.23. The average molecular weight is 1120 g/mol. The van der Waals surface area contributed by atoms with Crippen LogP contribution in [0, 0.1) is 0 Å². The highest BCUT2D eigenvalue weighted by atomic mass is 16.6. The van der Waals surface area contributed by atoms with Crippen LogP contribution < -0.4 is 0 Å². The maximum absolute atomic E-state index is 12.9. The highest BCUT2D eigenvalue weighted by molar-refractivity contribution is 5.71. The van der Waals surface area contributed by atoms with Gasteiger partial charge in [-0.05, 0) is 122 Å². The Bertz CT molecular complexity index is 1860. The fraction of sp³-hybridized carbons (Fsp3) is 0.587. The molecule has 0 rings (SSSR count). The number of allylic oxidation sites excluding steroid dienone is 28. The molecule has 0 saturated carbocycles. The van der Waals surface area contributed by atoms with Gasteiger partial charge < -0.3 is 14.2 Å². The largest absolute Gasteiger partial charge is 0.462 e. The van der Waals surface area contributed by atoms with Crippen molar-refractivity contribution in [2.45, 2.75) is 271 Å². The molecule has 454 valence electrons. The number of carbonyl (C=O) groups excluding carboxylic acids is 3. The topological polar surface area (TPSA) is 78.9 Å². The summed E-state index contributed by atoms with van der Waals surface area (Å²) in [5.74, 6) is -1.05. The second-order valence-corrected chi connectivity index (χ2v) is 20.9. The van der Waals surface area contributed by atoms with Crippen molar-refractivity contribution in [3.05, 3.63) is 170 Å². The molecule has 1 atom stereocenters. The summed E-state index contributed by atoms with van der Waals surface area (Å²) in [4.78, 5) is 38.2. The Morgan fingerprint density at radius 3 is 0.827 bits per heavy atom. The number of hydrogen-bond acceptors (Lipinski definition) is 6. The van der Waals surface area contributed by atoms with Gasteiger partial charge in [-0.1, -0.05) is 294 Å². The van der Waals surface area contributed by atoms with E-state index in [4.69, 9.17) is 14.2 Å². The summed E-state index contributed by atoms with van der Waals surface area (Å²) in [6.45, 7) is 6.31. The molecule has 0 bridgehead atoms. The quantitative estimate of drug-likeness (QED) is 0.0261. The third-order valence-corrected chi connectivity index (χ3v) is 13.2. The summed E-state index contributed by atoms with van der Waals surface area (Å²) < 4.78 is 16.8. The molecule has 0 saturated heterocycles. The zero-order chi connectivity index (χ0) is 58.5. The number of unbranched alkanes of at least 4 members (excludes halogenated alkanes) is 18. The molecular weight excluding hydrogens is 997 g/mol. The molecule has 0 N–H and O–H groups in total. The van der Waals surface area contributed by atoms with Crippen molar-refractivity contribution in [3.8, 4) is 0 Å². The predicted octanol–water partition coefficient (Wildman–Crippen LogP) is 22.7. The first-order valence-electron chi connectivity index (χ1n) is 32.6. The minimum atomic E-state index is -0.832. The van der Waals surface area contributed by atoms with Crippen LogP contribution in [-0.2, 0) is 28.6 Å². The lowest BCUT2D eigenvalue weighted by molar-refractivity contribution is -0.166. The standard InChI is InChI=1S/C75H118O6/c1-4-7-10-13-16-19-22-25-27-29-30-31-32-33-34-35-36-37-38-39-40-41-42-43-44-46-47-50-53-56-59-62-65-68-74(77)80-71-72(70-79-73(76)67-64-61-58-55-52-49-24-21-18-15-12-9-6-3)81-75(78)69-66-63-60-57-54-51-48-45-28-26-23-20-17-14-11-8-5-2/h7,9-10,12,16,18-19,21,25,27,30-31,33-34,36-37,39-40,42-43,46-47,49,52-53,56,58,61,72H,4-6,8,11,13-15,17,20,22-24,26,28-29,32,35,38,41,44-45,48,50-51,54-55,57,59-60,62-71H2,1-3H3/b10-7-,12-9-,19-16-,21-18-,27-25-,31-30-,34-33-,37-36-,40-39-,43-42-,47-46-,52-49-,56-53-,61-58-. The van der Waals surface area contributed by atoms with Crippen molar-refractivity contribution < 1.29 is 28.6 Å². The van der Waals surface area contributed by atoms with Crippen LogP contribution in [0.1, 0.15) is 265 Å². The van der Waals surface area contributed by atoms with Gasteiger partial charge in [0.25, 0.3) is 0 Å². The monoisotopic (exact) mass is 1110 g/mol. The predicted molar refractivity (Wildman–Crippen MR) is 352 cm³/mol. The molecule has 0 aromatic heterocycles.